The van der Waals surface area contributed by atoms with E-state index >= 15 is 0 Å². The Hall–Kier alpha value is -3.88. The normalized spacial score (nSPS) is 21.6. The molecule has 1 aromatic carbocycles. The molecule has 228 valence electrons. The summed E-state index contributed by atoms with van der Waals surface area (Å²) >= 11 is 1.18. The van der Waals surface area contributed by atoms with Gasteiger partial charge in [0.05, 0.1) is 43.6 Å². The van der Waals surface area contributed by atoms with Gasteiger partial charge in [0.2, 0.25) is 5.91 Å². The molecule has 1 aliphatic carbocycles. The number of aryl methyl sites for hydroxylation is 1. The second-order valence-corrected chi connectivity index (χ2v) is 12.0. The summed E-state index contributed by atoms with van der Waals surface area (Å²) < 4.78 is 29.3. The van der Waals surface area contributed by atoms with Gasteiger partial charge in [0.1, 0.15) is 33.5 Å². The Labute approximate surface area is 249 Å². The number of nitrogens with one attached hydrogen (secondary N) is 1. The van der Waals surface area contributed by atoms with Crippen molar-refractivity contribution in [1.29, 1.82) is 0 Å². The Balaban J connectivity index is 1.55. The van der Waals surface area contributed by atoms with E-state index in [1.165, 1.54) is 58.4 Å². The lowest BCUT2D eigenvalue weighted by molar-refractivity contribution is -0.126. The fourth-order valence-electron chi connectivity index (χ4n) is 6.05. The van der Waals surface area contributed by atoms with E-state index in [1.807, 2.05) is 0 Å². The molecule has 2 aliphatic rings. The van der Waals surface area contributed by atoms with Crippen LogP contribution in [0, 0.1) is 12.7 Å². The molecule has 3 aromatic heterocycles. The Kier molecular flexibility index (Phi) is 8.16. The summed E-state index contributed by atoms with van der Waals surface area (Å²) in [7, 11) is 1.48. The number of thiophene rings is 1. The van der Waals surface area contributed by atoms with Crippen molar-refractivity contribution < 1.29 is 23.8 Å². The maximum absolute atomic E-state index is 14.6. The summed E-state index contributed by atoms with van der Waals surface area (Å²) in [6.07, 6.45) is 4.79. The minimum Gasteiger partial charge on any atom is -0.496 e. The smallest absolute Gasteiger partial charge is 0.332 e. The number of piperidine rings is 1. The van der Waals surface area contributed by atoms with Gasteiger partial charge in [-0.05, 0) is 63.6 Å². The van der Waals surface area contributed by atoms with Crippen molar-refractivity contribution in [3.63, 3.8) is 0 Å². The molecule has 43 heavy (non-hydrogen) atoms. The topological polar surface area (TPSA) is 142 Å². The van der Waals surface area contributed by atoms with Crippen LogP contribution in [0.5, 0.6) is 5.75 Å². The number of hydrogen-bond donors (Lipinski definition) is 2. The lowest BCUT2D eigenvalue weighted by atomic mass is 9.94. The maximum Gasteiger partial charge on any atom is 0.332 e. The standard InChI is InChI=1S/C29H33FN6O6S/c1-16-24-26(39)35(21-4-3-11-31-25(21)38)29(40)34(28(24)43-27(16)36-32-12-13-33-36)15-23(42-19-8-6-18(37)7-9-19)20-14-17(30)5-10-22(20)41-2/h5,10,12-14,18-19,21,23,37H,3-4,6-9,11,15H2,1-2H3,(H,31,38)/t18-,19-,21-,23-/m0/s1. The van der Waals surface area contributed by atoms with Crippen molar-refractivity contribution in [3.8, 4) is 10.8 Å². The summed E-state index contributed by atoms with van der Waals surface area (Å²) in [6, 6.07) is 3.15. The van der Waals surface area contributed by atoms with Crippen molar-refractivity contribution in [2.45, 2.75) is 76.3 Å². The second-order valence-electron chi connectivity index (χ2n) is 11.0. The number of hydrogen-bond acceptors (Lipinski definition) is 9. The van der Waals surface area contributed by atoms with Gasteiger partial charge < -0.3 is 19.9 Å². The molecule has 4 aromatic rings. The molecule has 4 heterocycles. The van der Waals surface area contributed by atoms with Crippen molar-refractivity contribution in [1.82, 2.24) is 29.4 Å². The number of aliphatic hydroxyl groups excluding tert-OH is 1. The number of aromatic nitrogens is 5. The number of methoxy groups -OCH3 is 1. The van der Waals surface area contributed by atoms with Crippen molar-refractivity contribution >= 4 is 27.5 Å². The van der Waals surface area contributed by atoms with Crippen LogP contribution < -0.4 is 21.3 Å². The molecule has 2 N–H and O–H groups in total. The molecule has 6 rings (SSSR count). The molecule has 1 aliphatic heterocycles. The molecule has 2 fully saturated rings. The van der Waals surface area contributed by atoms with Gasteiger partial charge >= 0.3 is 5.69 Å². The number of aliphatic hydroxyl groups is 1. The number of nitrogens with zero attached hydrogens (tertiary/aromatic N) is 5. The van der Waals surface area contributed by atoms with Crippen molar-refractivity contribution in [2.75, 3.05) is 13.7 Å². The molecule has 12 nitrogen and oxygen atoms in total. The van der Waals surface area contributed by atoms with Crippen molar-refractivity contribution in [3.05, 3.63) is 68.4 Å². The molecule has 0 bridgehead atoms. The predicted molar refractivity (Wildman–Crippen MR) is 156 cm³/mol. The highest BCUT2D eigenvalue weighted by atomic mass is 32.1. The van der Waals surface area contributed by atoms with Crippen LogP contribution in [0.3, 0.4) is 0 Å². The highest BCUT2D eigenvalue weighted by Gasteiger charge is 2.33. The van der Waals surface area contributed by atoms with Crippen LogP contribution in [0.2, 0.25) is 0 Å². The maximum atomic E-state index is 14.6. The number of amides is 1. The van der Waals surface area contributed by atoms with Crippen LogP contribution in [0.25, 0.3) is 15.2 Å². The van der Waals surface area contributed by atoms with Crippen LogP contribution in [-0.2, 0) is 16.1 Å². The number of benzene rings is 1. The number of ether oxygens (including phenoxy) is 2. The number of rotatable bonds is 8. The minimum absolute atomic E-state index is 0.0885. The van der Waals surface area contributed by atoms with E-state index in [0.29, 0.717) is 71.8 Å². The highest BCUT2D eigenvalue weighted by molar-refractivity contribution is 7.21. The van der Waals surface area contributed by atoms with Crippen molar-refractivity contribution in [2.24, 2.45) is 0 Å². The Morgan fingerprint density at radius 2 is 1.88 bits per heavy atom. The van der Waals surface area contributed by atoms with E-state index in [1.54, 1.807) is 6.92 Å². The van der Waals surface area contributed by atoms with Gasteiger partial charge in [-0.1, -0.05) is 11.3 Å². The molecule has 0 unspecified atom stereocenters. The molecule has 1 saturated carbocycles. The number of carbonyl (C=O) groups excluding carboxylic acids is 1. The Morgan fingerprint density at radius 3 is 2.58 bits per heavy atom. The summed E-state index contributed by atoms with van der Waals surface area (Å²) in [6.45, 7) is 2.14. The van der Waals surface area contributed by atoms with Gasteiger partial charge in [-0.15, -0.1) is 4.80 Å². The average Bonchev–Trinajstić information content (AvgIpc) is 3.65. The zero-order valence-corrected chi connectivity index (χ0v) is 24.7. The monoisotopic (exact) mass is 612 g/mol. The third-order valence-corrected chi connectivity index (χ3v) is 9.55. The molecule has 14 heteroatoms. The van der Waals surface area contributed by atoms with E-state index < -0.39 is 41.2 Å². The summed E-state index contributed by atoms with van der Waals surface area (Å²) in [5, 5.41) is 22.1. The number of fused-ring (bicyclic) bond motifs is 1. The first kappa shape index (κ1) is 29.2. The van der Waals surface area contributed by atoms with E-state index in [4.69, 9.17) is 9.47 Å². The predicted octanol–water partition coefficient (Wildman–Crippen LogP) is 2.77. The zero-order chi connectivity index (χ0) is 30.2. The fourth-order valence-corrected chi connectivity index (χ4v) is 7.27. The van der Waals surface area contributed by atoms with Gasteiger partial charge in [-0.2, -0.15) is 10.2 Å². The SMILES string of the molecule is COc1ccc(F)cc1[C@H](Cn1c(=O)n([C@H]2CCCNC2=O)c(=O)c2c(C)c(-n3nccn3)sc21)O[C@H]1CC[C@H](O)CC1. The van der Waals surface area contributed by atoms with Crippen LogP contribution in [0.4, 0.5) is 4.39 Å². The van der Waals surface area contributed by atoms with Crippen LogP contribution in [-0.4, -0.2) is 61.0 Å². The third kappa shape index (κ3) is 5.50. The van der Waals surface area contributed by atoms with Gasteiger partial charge in [-0.3, -0.25) is 14.2 Å². The first-order valence-electron chi connectivity index (χ1n) is 14.4. The first-order valence-corrected chi connectivity index (χ1v) is 15.2. The molecule has 0 spiro atoms. The van der Waals surface area contributed by atoms with E-state index in [2.05, 4.69) is 15.5 Å². The molecule has 1 saturated heterocycles. The molecular weight excluding hydrogens is 579 g/mol. The Bertz CT molecular complexity index is 1760. The fraction of sp³-hybridized carbons (Fsp3) is 0.483. The van der Waals surface area contributed by atoms with Crippen LogP contribution in [0.1, 0.15) is 61.8 Å². The minimum atomic E-state index is -0.974. The highest BCUT2D eigenvalue weighted by Crippen LogP contribution is 2.36. The van der Waals surface area contributed by atoms with Crippen LogP contribution in [0.15, 0.2) is 40.2 Å². The Morgan fingerprint density at radius 1 is 1.14 bits per heavy atom. The lowest BCUT2D eigenvalue weighted by Gasteiger charge is -2.31. The summed E-state index contributed by atoms with van der Waals surface area (Å²) in [4.78, 5) is 43.0. The van der Waals surface area contributed by atoms with Crippen LogP contribution >= 0.6 is 11.3 Å². The average molecular weight is 613 g/mol. The molecule has 1 amide bonds. The molecule has 0 radical (unpaired) electrons. The first-order chi connectivity index (χ1) is 20.8. The number of halogens is 1. The van der Waals surface area contributed by atoms with Gasteiger partial charge in [0.15, 0.2) is 0 Å². The van der Waals surface area contributed by atoms with Gasteiger partial charge in [-0.25, -0.2) is 13.8 Å². The van der Waals surface area contributed by atoms with Gasteiger partial charge in [0, 0.05) is 17.7 Å². The molecular formula is C29H33FN6O6S. The van der Waals surface area contributed by atoms with Gasteiger partial charge in [0.25, 0.3) is 5.56 Å². The molecule has 2 atom stereocenters. The van der Waals surface area contributed by atoms with E-state index in [9.17, 15) is 23.9 Å². The largest absolute Gasteiger partial charge is 0.496 e. The van der Waals surface area contributed by atoms with E-state index in [-0.39, 0.29) is 18.0 Å². The summed E-state index contributed by atoms with van der Waals surface area (Å²) in [5.74, 6) is -0.502. The zero-order valence-electron chi connectivity index (χ0n) is 23.9. The third-order valence-electron chi connectivity index (χ3n) is 8.27. The lowest BCUT2D eigenvalue weighted by Crippen LogP contribution is -2.49. The summed E-state index contributed by atoms with van der Waals surface area (Å²) in [5.41, 5.74) is -0.248. The quantitative estimate of drug-likeness (QED) is 0.309. The number of carbonyl (C=O) groups is 1. The van der Waals surface area contributed by atoms with E-state index in [0.717, 1.165) is 4.57 Å². The second kappa shape index (κ2) is 12.0.